The van der Waals surface area contributed by atoms with Crippen LogP contribution >= 0.6 is 0 Å². The summed E-state index contributed by atoms with van der Waals surface area (Å²) in [7, 11) is 0. The van der Waals surface area contributed by atoms with Gasteiger partial charge in [0.25, 0.3) is 0 Å². The summed E-state index contributed by atoms with van der Waals surface area (Å²) < 4.78 is 5.47. The van der Waals surface area contributed by atoms with Gasteiger partial charge in [0.1, 0.15) is 5.60 Å². The lowest BCUT2D eigenvalue weighted by atomic mass is 9.88. The summed E-state index contributed by atoms with van der Waals surface area (Å²) in [5.41, 5.74) is 2.19. The summed E-state index contributed by atoms with van der Waals surface area (Å²) in [4.78, 5) is 16.4. The number of benzene rings is 1. The van der Waals surface area contributed by atoms with E-state index in [1.807, 2.05) is 25.7 Å². The highest BCUT2D eigenvalue weighted by atomic mass is 16.6. The Morgan fingerprint density at radius 2 is 1.57 bits per heavy atom. The molecule has 0 bridgehead atoms. The zero-order valence-electron chi connectivity index (χ0n) is 15.3. The number of rotatable bonds is 2. The molecule has 0 unspecified atom stereocenters. The quantitative estimate of drug-likeness (QED) is 0.832. The van der Waals surface area contributed by atoms with E-state index < -0.39 is 5.60 Å². The summed E-state index contributed by atoms with van der Waals surface area (Å²) in [6, 6.07) is 8.54. The van der Waals surface area contributed by atoms with E-state index in [2.05, 4.69) is 49.9 Å². The maximum Gasteiger partial charge on any atom is 0.410 e. The first-order valence-electron chi connectivity index (χ1n) is 8.40. The van der Waals surface area contributed by atoms with Crippen LogP contribution in [0.4, 0.5) is 4.79 Å². The lowest BCUT2D eigenvalue weighted by Crippen LogP contribution is -2.55. The summed E-state index contributed by atoms with van der Waals surface area (Å²) in [6.45, 7) is 15.5. The number of aryl methyl sites for hydroxylation is 1. The van der Waals surface area contributed by atoms with E-state index >= 15 is 0 Å². The van der Waals surface area contributed by atoms with Crippen molar-refractivity contribution in [3.05, 3.63) is 35.4 Å². The van der Waals surface area contributed by atoms with Gasteiger partial charge in [0.05, 0.1) is 0 Å². The van der Waals surface area contributed by atoms with Crippen molar-refractivity contribution in [1.82, 2.24) is 9.80 Å². The van der Waals surface area contributed by atoms with Crippen LogP contribution in [0.2, 0.25) is 0 Å². The van der Waals surface area contributed by atoms with Crippen molar-refractivity contribution in [3.8, 4) is 0 Å². The molecule has 0 saturated carbocycles. The molecule has 1 aliphatic rings. The number of ether oxygens (including phenoxy) is 1. The van der Waals surface area contributed by atoms with Gasteiger partial charge >= 0.3 is 6.09 Å². The van der Waals surface area contributed by atoms with Gasteiger partial charge in [-0.2, -0.15) is 0 Å². The second kappa shape index (κ2) is 6.52. The molecule has 4 heteroatoms. The van der Waals surface area contributed by atoms with Crippen LogP contribution in [0, 0.1) is 6.92 Å². The SMILES string of the molecule is Cc1ccccc1C(C)(C)N1CCN(C(=O)OC(C)(C)C)CC1. The van der Waals surface area contributed by atoms with Crippen LogP contribution in [0.25, 0.3) is 0 Å². The summed E-state index contributed by atoms with van der Waals surface area (Å²) in [5.74, 6) is 0. The summed E-state index contributed by atoms with van der Waals surface area (Å²) in [5, 5.41) is 0. The van der Waals surface area contributed by atoms with Crippen LogP contribution in [-0.4, -0.2) is 47.7 Å². The lowest BCUT2D eigenvalue weighted by molar-refractivity contribution is 0.00118. The van der Waals surface area contributed by atoms with Crippen LogP contribution in [0.5, 0.6) is 0 Å². The van der Waals surface area contributed by atoms with E-state index in [0.717, 1.165) is 13.1 Å². The van der Waals surface area contributed by atoms with Crippen molar-refractivity contribution in [3.63, 3.8) is 0 Å². The average Bonchev–Trinajstić information content (AvgIpc) is 2.46. The second-order valence-electron chi connectivity index (χ2n) is 7.83. The Morgan fingerprint density at radius 1 is 1.00 bits per heavy atom. The number of piperazine rings is 1. The van der Waals surface area contributed by atoms with Gasteiger partial charge in [-0.05, 0) is 52.7 Å². The molecule has 1 aliphatic heterocycles. The number of carbonyl (C=O) groups excluding carboxylic acids is 1. The number of nitrogens with zero attached hydrogens (tertiary/aromatic N) is 2. The molecule has 0 spiro atoms. The fraction of sp³-hybridized carbons (Fsp3) is 0.632. The fourth-order valence-electron chi connectivity index (χ4n) is 3.20. The minimum atomic E-state index is -0.436. The molecule has 1 aromatic rings. The topological polar surface area (TPSA) is 32.8 Å². The van der Waals surface area contributed by atoms with E-state index in [9.17, 15) is 4.79 Å². The van der Waals surface area contributed by atoms with Gasteiger partial charge in [-0.25, -0.2) is 4.79 Å². The van der Waals surface area contributed by atoms with Crippen LogP contribution < -0.4 is 0 Å². The zero-order chi connectivity index (χ0) is 17.3. The van der Waals surface area contributed by atoms with Crippen molar-refractivity contribution in [2.75, 3.05) is 26.2 Å². The second-order valence-corrected chi connectivity index (χ2v) is 7.83. The predicted molar refractivity (Wildman–Crippen MR) is 93.6 cm³/mol. The minimum absolute atomic E-state index is 0.0363. The molecule has 23 heavy (non-hydrogen) atoms. The molecule has 1 aromatic carbocycles. The third-order valence-corrected chi connectivity index (χ3v) is 4.53. The molecule has 128 valence electrons. The van der Waals surface area contributed by atoms with E-state index in [1.165, 1.54) is 11.1 Å². The third-order valence-electron chi connectivity index (χ3n) is 4.53. The third kappa shape index (κ3) is 4.25. The van der Waals surface area contributed by atoms with Gasteiger partial charge in [0.2, 0.25) is 0 Å². The Labute approximate surface area is 140 Å². The minimum Gasteiger partial charge on any atom is -0.444 e. The zero-order valence-corrected chi connectivity index (χ0v) is 15.3. The average molecular weight is 318 g/mol. The summed E-state index contributed by atoms with van der Waals surface area (Å²) in [6.07, 6.45) is -0.203. The molecule has 1 amide bonds. The molecular weight excluding hydrogens is 288 g/mol. The summed E-state index contributed by atoms with van der Waals surface area (Å²) >= 11 is 0. The molecular formula is C19H30N2O2. The van der Waals surface area contributed by atoms with Crippen molar-refractivity contribution < 1.29 is 9.53 Å². The number of hydrogen-bond donors (Lipinski definition) is 0. The van der Waals surface area contributed by atoms with Crippen molar-refractivity contribution in [1.29, 1.82) is 0 Å². The van der Waals surface area contributed by atoms with Crippen LogP contribution in [0.3, 0.4) is 0 Å². The van der Waals surface area contributed by atoms with Gasteiger partial charge < -0.3 is 9.64 Å². The van der Waals surface area contributed by atoms with Gasteiger partial charge in [-0.15, -0.1) is 0 Å². The van der Waals surface area contributed by atoms with Gasteiger partial charge in [-0.1, -0.05) is 24.3 Å². The standard InChI is InChI=1S/C19H30N2O2/c1-15-9-7-8-10-16(15)19(5,6)21-13-11-20(12-14-21)17(22)23-18(2,3)4/h7-10H,11-14H2,1-6H3. The molecule has 1 saturated heterocycles. The Morgan fingerprint density at radius 3 is 2.09 bits per heavy atom. The Kier molecular flexibility index (Phi) is 5.04. The molecule has 1 heterocycles. The molecule has 4 nitrogen and oxygen atoms in total. The number of amides is 1. The maximum absolute atomic E-state index is 12.2. The number of hydrogen-bond acceptors (Lipinski definition) is 3. The van der Waals surface area contributed by atoms with Crippen molar-refractivity contribution in [2.24, 2.45) is 0 Å². The van der Waals surface area contributed by atoms with Crippen molar-refractivity contribution >= 4 is 6.09 Å². The first-order valence-corrected chi connectivity index (χ1v) is 8.40. The van der Waals surface area contributed by atoms with Crippen molar-refractivity contribution in [2.45, 2.75) is 52.7 Å². The molecule has 0 atom stereocenters. The van der Waals surface area contributed by atoms with Crippen LogP contribution in [0.15, 0.2) is 24.3 Å². The first-order chi connectivity index (χ1) is 10.6. The monoisotopic (exact) mass is 318 g/mol. The number of carbonyl (C=O) groups is 1. The first kappa shape index (κ1) is 17.8. The predicted octanol–water partition coefficient (Wildman–Crippen LogP) is 3.78. The van der Waals surface area contributed by atoms with Crippen LogP contribution in [0.1, 0.15) is 45.7 Å². The van der Waals surface area contributed by atoms with E-state index in [4.69, 9.17) is 4.74 Å². The van der Waals surface area contributed by atoms with Crippen LogP contribution in [-0.2, 0) is 10.3 Å². The van der Waals surface area contributed by atoms with Gasteiger partial charge in [0.15, 0.2) is 0 Å². The molecule has 0 aliphatic carbocycles. The smallest absolute Gasteiger partial charge is 0.410 e. The molecule has 0 aromatic heterocycles. The highest BCUT2D eigenvalue weighted by Crippen LogP contribution is 2.31. The van der Waals surface area contributed by atoms with Gasteiger partial charge in [-0.3, -0.25) is 4.90 Å². The van der Waals surface area contributed by atoms with E-state index in [0.29, 0.717) is 13.1 Å². The highest BCUT2D eigenvalue weighted by molar-refractivity contribution is 5.68. The Hall–Kier alpha value is -1.55. The largest absolute Gasteiger partial charge is 0.444 e. The molecule has 0 radical (unpaired) electrons. The normalized spacial score (nSPS) is 17.2. The molecule has 2 rings (SSSR count). The van der Waals surface area contributed by atoms with E-state index in [1.54, 1.807) is 0 Å². The molecule has 1 fully saturated rings. The molecule has 0 N–H and O–H groups in total. The fourth-order valence-corrected chi connectivity index (χ4v) is 3.20. The maximum atomic E-state index is 12.2. The van der Waals surface area contributed by atoms with E-state index in [-0.39, 0.29) is 11.6 Å². The Bertz CT molecular complexity index is 553. The lowest BCUT2D eigenvalue weighted by Gasteiger charge is -2.45. The Balaban J connectivity index is 2.01. The van der Waals surface area contributed by atoms with Gasteiger partial charge in [0, 0.05) is 31.7 Å². The highest BCUT2D eigenvalue weighted by Gasteiger charge is 2.34.